The molecule has 1 heterocycles. The zero-order valence-corrected chi connectivity index (χ0v) is 9.76. The maximum absolute atomic E-state index is 13.0. The first-order valence-corrected chi connectivity index (χ1v) is 5.73. The van der Waals surface area contributed by atoms with Crippen molar-refractivity contribution in [3.8, 4) is 0 Å². The molecule has 1 aromatic rings. The zero-order valence-electron chi connectivity index (χ0n) is 8.17. The van der Waals surface area contributed by atoms with Crippen molar-refractivity contribution < 1.29 is 9.18 Å². The van der Waals surface area contributed by atoms with Crippen molar-refractivity contribution in [3.63, 3.8) is 0 Å². The molecule has 0 spiro atoms. The van der Waals surface area contributed by atoms with Crippen LogP contribution in [0.4, 0.5) is 10.1 Å². The standard InChI is InChI=1S/C11H11BrFNO/c12-9-7-8(4-5-10(9)13)14-6-2-1-3-11(14)15/h4-5,7H,1-3,6H2. The Bertz CT molecular complexity index is 394. The van der Waals surface area contributed by atoms with Gasteiger partial charge in [0, 0.05) is 18.7 Å². The molecule has 2 rings (SSSR count). The lowest BCUT2D eigenvalue weighted by atomic mass is 10.1. The van der Waals surface area contributed by atoms with Gasteiger partial charge in [-0.3, -0.25) is 4.79 Å². The van der Waals surface area contributed by atoms with Gasteiger partial charge in [-0.2, -0.15) is 0 Å². The Morgan fingerprint density at radius 3 is 2.80 bits per heavy atom. The number of hydrogen-bond donors (Lipinski definition) is 0. The van der Waals surface area contributed by atoms with Gasteiger partial charge in [0.1, 0.15) is 5.82 Å². The van der Waals surface area contributed by atoms with E-state index in [1.807, 2.05) is 0 Å². The SMILES string of the molecule is O=C1CCCCN1c1ccc(F)c(Br)c1. The molecule has 0 bridgehead atoms. The fourth-order valence-electron chi connectivity index (χ4n) is 1.73. The molecule has 2 nitrogen and oxygen atoms in total. The van der Waals surface area contributed by atoms with Gasteiger partial charge in [0.25, 0.3) is 0 Å². The number of benzene rings is 1. The molecule has 1 amide bonds. The van der Waals surface area contributed by atoms with E-state index in [1.54, 1.807) is 17.0 Å². The topological polar surface area (TPSA) is 20.3 Å². The number of hydrogen-bond acceptors (Lipinski definition) is 1. The summed E-state index contributed by atoms with van der Waals surface area (Å²) in [6.07, 6.45) is 2.56. The Morgan fingerprint density at radius 1 is 1.33 bits per heavy atom. The van der Waals surface area contributed by atoms with Crippen molar-refractivity contribution in [1.82, 2.24) is 0 Å². The third-order valence-corrected chi connectivity index (χ3v) is 3.15. The number of anilines is 1. The van der Waals surface area contributed by atoms with Gasteiger partial charge in [-0.05, 0) is 47.0 Å². The molecule has 80 valence electrons. The highest BCUT2D eigenvalue weighted by Crippen LogP contribution is 2.25. The van der Waals surface area contributed by atoms with E-state index in [4.69, 9.17) is 0 Å². The van der Waals surface area contributed by atoms with E-state index < -0.39 is 0 Å². The largest absolute Gasteiger partial charge is 0.312 e. The molecular weight excluding hydrogens is 261 g/mol. The molecule has 1 aliphatic rings. The molecule has 0 aromatic heterocycles. The van der Waals surface area contributed by atoms with Crippen LogP contribution in [0.3, 0.4) is 0 Å². The summed E-state index contributed by atoms with van der Waals surface area (Å²) in [6, 6.07) is 4.67. The lowest BCUT2D eigenvalue weighted by Gasteiger charge is -2.26. The molecular formula is C11H11BrFNO. The number of amides is 1. The van der Waals surface area contributed by atoms with Crippen LogP contribution in [0, 0.1) is 5.82 Å². The fourth-order valence-corrected chi connectivity index (χ4v) is 2.10. The second kappa shape index (κ2) is 4.31. The van der Waals surface area contributed by atoms with Crippen LogP contribution in [0.15, 0.2) is 22.7 Å². The monoisotopic (exact) mass is 271 g/mol. The minimum atomic E-state index is -0.303. The van der Waals surface area contributed by atoms with E-state index in [1.165, 1.54) is 6.07 Å². The maximum Gasteiger partial charge on any atom is 0.226 e. The van der Waals surface area contributed by atoms with Crippen LogP contribution in [-0.2, 0) is 4.79 Å². The summed E-state index contributed by atoms with van der Waals surface area (Å²) < 4.78 is 13.4. The smallest absolute Gasteiger partial charge is 0.226 e. The molecule has 0 aliphatic carbocycles. The molecule has 0 N–H and O–H groups in total. The minimum Gasteiger partial charge on any atom is -0.312 e. The first-order valence-electron chi connectivity index (χ1n) is 4.94. The molecule has 4 heteroatoms. The molecule has 1 saturated heterocycles. The summed E-state index contributed by atoms with van der Waals surface area (Å²) in [5.74, 6) is -0.178. The van der Waals surface area contributed by atoms with E-state index in [0.29, 0.717) is 10.9 Å². The normalized spacial score (nSPS) is 16.9. The quantitative estimate of drug-likeness (QED) is 0.769. The van der Waals surface area contributed by atoms with Gasteiger partial charge in [-0.1, -0.05) is 0 Å². The first kappa shape index (κ1) is 10.6. The molecule has 0 saturated carbocycles. The molecule has 15 heavy (non-hydrogen) atoms. The van der Waals surface area contributed by atoms with Crippen molar-refractivity contribution in [2.75, 3.05) is 11.4 Å². The Morgan fingerprint density at radius 2 is 2.13 bits per heavy atom. The number of carbonyl (C=O) groups is 1. The van der Waals surface area contributed by atoms with E-state index >= 15 is 0 Å². The van der Waals surface area contributed by atoms with Gasteiger partial charge >= 0.3 is 0 Å². The fraction of sp³-hybridized carbons (Fsp3) is 0.364. The summed E-state index contributed by atoms with van der Waals surface area (Å²) >= 11 is 3.12. The number of nitrogens with zero attached hydrogens (tertiary/aromatic N) is 1. The van der Waals surface area contributed by atoms with Gasteiger partial charge < -0.3 is 4.90 Å². The van der Waals surface area contributed by atoms with Crippen LogP contribution < -0.4 is 4.90 Å². The van der Waals surface area contributed by atoms with Crippen LogP contribution in [0.5, 0.6) is 0 Å². The summed E-state index contributed by atoms with van der Waals surface area (Å²) in [7, 11) is 0. The molecule has 0 atom stereocenters. The zero-order chi connectivity index (χ0) is 10.8. The summed E-state index contributed by atoms with van der Waals surface area (Å²) in [4.78, 5) is 13.3. The summed E-state index contributed by atoms with van der Waals surface area (Å²) in [5, 5.41) is 0. The Kier molecular flexibility index (Phi) is 3.05. The Hall–Kier alpha value is -0.900. The number of piperidine rings is 1. The van der Waals surface area contributed by atoms with Gasteiger partial charge in [-0.15, -0.1) is 0 Å². The molecule has 1 aromatic carbocycles. The predicted octanol–water partition coefficient (Wildman–Crippen LogP) is 3.11. The highest BCUT2D eigenvalue weighted by molar-refractivity contribution is 9.10. The predicted molar refractivity (Wildman–Crippen MR) is 60.3 cm³/mol. The van der Waals surface area contributed by atoms with Gasteiger partial charge in [0.15, 0.2) is 0 Å². The van der Waals surface area contributed by atoms with E-state index in [0.717, 1.165) is 25.1 Å². The highest BCUT2D eigenvalue weighted by Gasteiger charge is 2.19. The second-order valence-electron chi connectivity index (χ2n) is 3.60. The lowest BCUT2D eigenvalue weighted by molar-refractivity contribution is -0.119. The van der Waals surface area contributed by atoms with Crippen molar-refractivity contribution in [1.29, 1.82) is 0 Å². The third kappa shape index (κ3) is 2.20. The van der Waals surface area contributed by atoms with Crippen LogP contribution >= 0.6 is 15.9 Å². The van der Waals surface area contributed by atoms with Crippen LogP contribution in [-0.4, -0.2) is 12.5 Å². The van der Waals surface area contributed by atoms with Crippen molar-refractivity contribution in [2.45, 2.75) is 19.3 Å². The molecule has 0 unspecified atom stereocenters. The summed E-state index contributed by atoms with van der Waals surface area (Å²) in [6.45, 7) is 0.733. The van der Waals surface area contributed by atoms with Gasteiger partial charge in [-0.25, -0.2) is 4.39 Å². The van der Waals surface area contributed by atoms with E-state index in [-0.39, 0.29) is 11.7 Å². The Balaban J connectivity index is 2.28. The van der Waals surface area contributed by atoms with E-state index in [2.05, 4.69) is 15.9 Å². The number of carbonyl (C=O) groups excluding carboxylic acids is 1. The van der Waals surface area contributed by atoms with E-state index in [9.17, 15) is 9.18 Å². The van der Waals surface area contributed by atoms with Crippen LogP contribution in [0.2, 0.25) is 0 Å². The summed E-state index contributed by atoms with van der Waals surface area (Å²) in [5.41, 5.74) is 0.771. The minimum absolute atomic E-state index is 0.125. The van der Waals surface area contributed by atoms with Crippen LogP contribution in [0.25, 0.3) is 0 Å². The van der Waals surface area contributed by atoms with Crippen molar-refractivity contribution in [3.05, 3.63) is 28.5 Å². The average molecular weight is 272 g/mol. The third-order valence-electron chi connectivity index (χ3n) is 2.54. The second-order valence-corrected chi connectivity index (χ2v) is 4.46. The first-order chi connectivity index (χ1) is 7.18. The number of halogens is 2. The maximum atomic E-state index is 13.0. The molecule has 1 aliphatic heterocycles. The van der Waals surface area contributed by atoms with Gasteiger partial charge in [0.05, 0.1) is 4.47 Å². The van der Waals surface area contributed by atoms with Gasteiger partial charge in [0.2, 0.25) is 5.91 Å². The average Bonchev–Trinajstić information content (AvgIpc) is 2.23. The lowest BCUT2D eigenvalue weighted by Crippen LogP contribution is -2.35. The highest BCUT2D eigenvalue weighted by atomic mass is 79.9. The molecule has 1 fully saturated rings. The van der Waals surface area contributed by atoms with Crippen molar-refractivity contribution >= 4 is 27.5 Å². The van der Waals surface area contributed by atoms with Crippen molar-refractivity contribution in [2.24, 2.45) is 0 Å². The van der Waals surface area contributed by atoms with Crippen LogP contribution in [0.1, 0.15) is 19.3 Å². The Labute approximate surface area is 96.2 Å². The molecule has 0 radical (unpaired) electrons. The number of rotatable bonds is 1.